The molecule has 3 atom stereocenters. The molecule has 1 heterocycles. The summed E-state index contributed by atoms with van der Waals surface area (Å²) in [5, 5.41) is 9.16. The molecule has 0 radical (unpaired) electrons. The van der Waals surface area contributed by atoms with E-state index < -0.39 is 17.6 Å². The van der Waals surface area contributed by atoms with E-state index in [1.807, 2.05) is 6.92 Å². The normalized spacial score (nSPS) is 31.2. The second-order valence-corrected chi connectivity index (χ2v) is 6.53. The van der Waals surface area contributed by atoms with Gasteiger partial charge < -0.3 is 15.7 Å². The maximum Gasteiger partial charge on any atom is 0.327 e. The Balaban J connectivity index is 2.21. The highest BCUT2D eigenvalue weighted by atomic mass is 32.2. The van der Waals surface area contributed by atoms with Crippen LogP contribution in [0.3, 0.4) is 0 Å². The molecule has 5 nitrogen and oxygen atoms in total. The monoisotopic (exact) mass is 272 g/mol. The van der Waals surface area contributed by atoms with Crippen molar-refractivity contribution in [3.8, 4) is 0 Å². The third kappa shape index (κ3) is 2.23. The van der Waals surface area contributed by atoms with Crippen LogP contribution in [0.4, 0.5) is 0 Å². The lowest BCUT2D eigenvalue weighted by Crippen LogP contribution is -2.59. The van der Waals surface area contributed by atoms with Crippen molar-refractivity contribution in [1.82, 2.24) is 4.90 Å². The van der Waals surface area contributed by atoms with Crippen LogP contribution in [0.25, 0.3) is 0 Å². The van der Waals surface area contributed by atoms with Crippen LogP contribution in [0, 0.1) is 5.92 Å². The van der Waals surface area contributed by atoms with Crippen molar-refractivity contribution in [2.45, 2.75) is 50.1 Å². The van der Waals surface area contributed by atoms with Crippen LogP contribution < -0.4 is 5.73 Å². The first-order valence-electron chi connectivity index (χ1n) is 6.35. The topological polar surface area (TPSA) is 83.6 Å². The van der Waals surface area contributed by atoms with E-state index in [2.05, 4.69) is 0 Å². The van der Waals surface area contributed by atoms with E-state index >= 15 is 0 Å². The highest BCUT2D eigenvalue weighted by Crippen LogP contribution is 2.41. The minimum absolute atomic E-state index is 0.0553. The number of carboxylic acid groups (broad SMARTS) is 1. The van der Waals surface area contributed by atoms with Crippen molar-refractivity contribution < 1.29 is 14.7 Å². The van der Waals surface area contributed by atoms with Gasteiger partial charge in [-0.3, -0.25) is 4.79 Å². The summed E-state index contributed by atoms with van der Waals surface area (Å²) < 4.78 is 0. The number of amides is 1. The Hall–Kier alpha value is -0.750. The Morgan fingerprint density at radius 3 is 2.56 bits per heavy atom. The minimum Gasteiger partial charge on any atom is -0.480 e. The molecule has 1 saturated heterocycles. The maximum atomic E-state index is 12.6. The summed E-state index contributed by atoms with van der Waals surface area (Å²) in [7, 11) is 0. The Morgan fingerprint density at radius 2 is 2.11 bits per heavy atom. The highest BCUT2D eigenvalue weighted by molar-refractivity contribution is 8.00. The number of aliphatic carboxylic acids is 1. The van der Waals surface area contributed by atoms with Gasteiger partial charge in [0.2, 0.25) is 5.91 Å². The van der Waals surface area contributed by atoms with Crippen molar-refractivity contribution in [2.24, 2.45) is 11.7 Å². The van der Waals surface area contributed by atoms with Gasteiger partial charge in [-0.1, -0.05) is 6.92 Å². The number of hydrogen-bond donors (Lipinski definition) is 2. The molecule has 3 unspecified atom stereocenters. The number of carbonyl (C=O) groups excluding carboxylic acids is 1. The first kappa shape index (κ1) is 13.7. The molecule has 0 aromatic rings. The summed E-state index contributed by atoms with van der Waals surface area (Å²) in [5.41, 5.74) is 5.22. The first-order valence-corrected chi connectivity index (χ1v) is 7.40. The maximum absolute atomic E-state index is 12.6. The lowest BCUT2D eigenvalue weighted by molar-refractivity contribution is -0.151. The molecule has 1 aliphatic heterocycles. The summed E-state index contributed by atoms with van der Waals surface area (Å²) in [4.78, 5) is 25.3. The molecule has 0 spiro atoms. The van der Waals surface area contributed by atoms with Crippen LogP contribution in [-0.4, -0.2) is 44.6 Å². The summed E-state index contributed by atoms with van der Waals surface area (Å²) >= 11 is 1.53. The molecule has 3 N–H and O–H groups in total. The predicted octanol–water partition coefficient (Wildman–Crippen LogP) is 0.878. The van der Waals surface area contributed by atoms with Gasteiger partial charge in [0.25, 0.3) is 0 Å². The average Bonchev–Trinajstić information content (AvgIpc) is 3.07. The van der Waals surface area contributed by atoms with Gasteiger partial charge in [0.05, 0.1) is 10.9 Å². The SMILES string of the molecule is CCC1SCC(C(=O)O)N1C(=O)C(C)(N)C1CC1. The van der Waals surface area contributed by atoms with Gasteiger partial charge in [0, 0.05) is 5.75 Å². The smallest absolute Gasteiger partial charge is 0.327 e. The molecule has 1 aliphatic carbocycles. The van der Waals surface area contributed by atoms with Crippen molar-refractivity contribution in [3.63, 3.8) is 0 Å². The van der Waals surface area contributed by atoms with Gasteiger partial charge >= 0.3 is 5.97 Å². The second-order valence-electron chi connectivity index (χ2n) is 5.32. The van der Waals surface area contributed by atoms with E-state index in [4.69, 9.17) is 5.73 Å². The average molecular weight is 272 g/mol. The molecule has 0 aromatic heterocycles. The molecule has 102 valence electrons. The lowest BCUT2D eigenvalue weighted by atomic mass is 9.94. The number of carbonyl (C=O) groups is 2. The molecule has 2 fully saturated rings. The van der Waals surface area contributed by atoms with Crippen LogP contribution in [0.5, 0.6) is 0 Å². The zero-order valence-electron chi connectivity index (χ0n) is 10.8. The number of rotatable bonds is 4. The Morgan fingerprint density at radius 1 is 1.50 bits per heavy atom. The quantitative estimate of drug-likeness (QED) is 0.793. The molecule has 0 aromatic carbocycles. The van der Waals surface area contributed by atoms with E-state index in [1.165, 1.54) is 16.7 Å². The highest BCUT2D eigenvalue weighted by Gasteiger charge is 2.51. The van der Waals surface area contributed by atoms with Gasteiger partial charge in [-0.05, 0) is 32.1 Å². The molecule has 6 heteroatoms. The van der Waals surface area contributed by atoms with Gasteiger partial charge in [-0.25, -0.2) is 4.79 Å². The summed E-state index contributed by atoms with van der Waals surface area (Å²) in [6.45, 7) is 3.70. The van der Waals surface area contributed by atoms with E-state index in [9.17, 15) is 14.7 Å². The molecule has 1 saturated carbocycles. The van der Waals surface area contributed by atoms with Gasteiger partial charge in [-0.15, -0.1) is 11.8 Å². The van der Waals surface area contributed by atoms with E-state index in [-0.39, 0.29) is 17.2 Å². The van der Waals surface area contributed by atoms with Crippen LogP contribution in [-0.2, 0) is 9.59 Å². The van der Waals surface area contributed by atoms with Gasteiger partial charge in [0.15, 0.2) is 0 Å². The van der Waals surface area contributed by atoms with Gasteiger partial charge in [0.1, 0.15) is 6.04 Å². The number of nitrogens with zero attached hydrogens (tertiary/aromatic N) is 1. The Labute approximate surface area is 111 Å². The van der Waals surface area contributed by atoms with Crippen molar-refractivity contribution in [1.29, 1.82) is 0 Å². The lowest BCUT2D eigenvalue weighted by Gasteiger charge is -2.34. The van der Waals surface area contributed by atoms with Crippen molar-refractivity contribution >= 4 is 23.6 Å². The molecular weight excluding hydrogens is 252 g/mol. The van der Waals surface area contributed by atoms with Crippen molar-refractivity contribution in [2.75, 3.05) is 5.75 Å². The fourth-order valence-electron chi connectivity index (χ4n) is 2.48. The fourth-order valence-corrected chi connectivity index (χ4v) is 3.82. The number of nitrogens with two attached hydrogens (primary N) is 1. The van der Waals surface area contributed by atoms with E-state index in [0.29, 0.717) is 5.75 Å². The minimum atomic E-state index is -0.932. The molecule has 2 aliphatic rings. The standard InChI is InChI=1S/C12H20N2O3S/c1-3-9-14(8(6-18-9)10(15)16)11(17)12(2,13)7-4-5-7/h7-9H,3-6,13H2,1-2H3,(H,15,16). The molecule has 2 rings (SSSR count). The Kier molecular flexibility index (Phi) is 3.60. The van der Waals surface area contributed by atoms with E-state index in [1.54, 1.807) is 6.92 Å². The number of hydrogen-bond acceptors (Lipinski definition) is 4. The van der Waals surface area contributed by atoms with Crippen molar-refractivity contribution in [3.05, 3.63) is 0 Å². The molecular formula is C12H20N2O3S. The molecule has 0 bridgehead atoms. The Bertz CT molecular complexity index is 368. The summed E-state index contributed by atoms with van der Waals surface area (Å²) in [6.07, 6.45) is 2.68. The first-order chi connectivity index (χ1) is 8.39. The van der Waals surface area contributed by atoms with Gasteiger partial charge in [-0.2, -0.15) is 0 Å². The number of thioether (sulfide) groups is 1. The predicted molar refractivity (Wildman–Crippen MR) is 70.1 cm³/mol. The largest absolute Gasteiger partial charge is 0.480 e. The number of carboxylic acids is 1. The third-order valence-electron chi connectivity index (χ3n) is 3.85. The van der Waals surface area contributed by atoms with Crippen LogP contribution in [0.2, 0.25) is 0 Å². The van der Waals surface area contributed by atoms with Crippen LogP contribution >= 0.6 is 11.8 Å². The summed E-state index contributed by atoms with van der Waals surface area (Å²) in [5.74, 6) is -0.462. The fraction of sp³-hybridized carbons (Fsp3) is 0.833. The molecule has 1 amide bonds. The zero-order chi connectivity index (χ0) is 13.5. The van der Waals surface area contributed by atoms with Crippen LogP contribution in [0.1, 0.15) is 33.1 Å². The van der Waals surface area contributed by atoms with E-state index in [0.717, 1.165) is 19.3 Å². The summed E-state index contributed by atoms with van der Waals surface area (Å²) in [6, 6.07) is -0.728. The third-order valence-corrected chi connectivity index (χ3v) is 5.30. The zero-order valence-corrected chi connectivity index (χ0v) is 11.6. The molecule has 18 heavy (non-hydrogen) atoms. The van der Waals surface area contributed by atoms with Crippen LogP contribution in [0.15, 0.2) is 0 Å². The second kappa shape index (κ2) is 4.74.